The summed E-state index contributed by atoms with van der Waals surface area (Å²) in [5, 5.41) is 10.5. The maximum Gasteiger partial charge on any atom is 0.244 e. The molecule has 0 atom stereocenters. The molecule has 4 nitrogen and oxygen atoms in total. The maximum atomic E-state index is 2.41. The molecule has 42 heavy (non-hydrogen) atoms. The molecule has 0 unspecified atom stereocenters. The molecule has 0 aliphatic carbocycles. The van der Waals surface area contributed by atoms with Crippen LogP contribution in [0.1, 0.15) is 22.3 Å². The van der Waals surface area contributed by atoms with E-state index in [1.165, 1.54) is 65.3 Å². The third-order valence-electron chi connectivity index (χ3n) is 9.02. The number of aromatic nitrogens is 4. The van der Waals surface area contributed by atoms with Gasteiger partial charge in [0.25, 0.3) is 0 Å². The molecule has 8 bridgehead atoms. The molecule has 8 aromatic rings. The summed E-state index contributed by atoms with van der Waals surface area (Å²) in [4.78, 5) is 0. The number of fused-ring (bicyclic) bond motifs is 4. The van der Waals surface area contributed by atoms with Crippen LogP contribution in [-0.4, -0.2) is 9.13 Å². The van der Waals surface area contributed by atoms with Crippen LogP contribution >= 0.6 is 0 Å². The lowest BCUT2D eigenvalue weighted by atomic mass is 9.96. The zero-order valence-electron chi connectivity index (χ0n) is 23.3. The lowest BCUT2D eigenvalue weighted by Crippen LogP contribution is -2.32. The summed E-state index contributed by atoms with van der Waals surface area (Å²) in [6.07, 6.45) is 13.3. The second kappa shape index (κ2) is 9.15. The monoisotopic (exact) mass is 542 g/mol. The first kappa shape index (κ1) is 23.5. The van der Waals surface area contributed by atoms with E-state index in [-0.39, 0.29) is 0 Å². The smallest absolute Gasteiger partial charge is 0.233 e. The summed E-state index contributed by atoms with van der Waals surface area (Å²) in [7, 11) is 0. The molecule has 0 saturated heterocycles. The van der Waals surface area contributed by atoms with Crippen molar-refractivity contribution >= 4 is 43.1 Å². The maximum absolute atomic E-state index is 2.41. The summed E-state index contributed by atoms with van der Waals surface area (Å²) in [6.45, 7) is 3.33. The van der Waals surface area contributed by atoms with Crippen molar-refractivity contribution in [2.24, 2.45) is 0 Å². The molecule has 2 aromatic heterocycles. The van der Waals surface area contributed by atoms with E-state index in [2.05, 4.69) is 153 Å². The highest BCUT2D eigenvalue weighted by atomic mass is 15.1. The van der Waals surface area contributed by atoms with Crippen LogP contribution in [0.15, 0.2) is 135 Å². The minimum Gasteiger partial charge on any atom is -0.233 e. The number of nitrogens with zero attached hydrogens (tertiary/aromatic N) is 4. The molecule has 9 rings (SSSR count). The third-order valence-corrected chi connectivity index (χ3v) is 9.02. The lowest BCUT2D eigenvalue weighted by Gasteiger charge is -2.11. The predicted octanol–water partition coefficient (Wildman–Crippen LogP) is 6.98. The molecule has 0 N–H and O–H groups in total. The Morgan fingerprint density at radius 2 is 0.810 bits per heavy atom. The van der Waals surface area contributed by atoms with Gasteiger partial charge in [0.2, 0.25) is 12.7 Å². The van der Waals surface area contributed by atoms with Crippen LogP contribution < -0.4 is 9.13 Å². The number of hydrogen-bond donors (Lipinski definition) is 0. The van der Waals surface area contributed by atoms with Crippen molar-refractivity contribution in [2.45, 2.75) is 26.2 Å². The topological polar surface area (TPSA) is 17.6 Å². The molecule has 0 spiro atoms. The largest absolute Gasteiger partial charge is 0.244 e. The fourth-order valence-electron chi connectivity index (χ4n) is 6.95. The van der Waals surface area contributed by atoms with Crippen LogP contribution in [0, 0.1) is 0 Å². The summed E-state index contributed by atoms with van der Waals surface area (Å²) >= 11 is 0. The Kier molecular flexibility index (Phi) is 5.12. The van der Waals surface area contributed by atoms with Crippen molar-refractivity contribution in [1.29, 1.82) is 0 Å². The molecule has 4 heteroatoms. The van der Waals surface area contributed by atoms with Crippen LogP contribution in [0.5, 0.6) is 0 Å². The molecule has 3 heterocycles. The highest BCUT2D eigenvalue weighted by molar-refractivity contribution is 6.02. The first-order valence-electron chi connectivity index (χ1n) is 14.7. The Hall–Kier alpha value is -5.22. The molecule has 0 radical (unpaired) electrons. The van der Waals surface area contributed by atoms with Gasteiger partial charge in [-0.3, -0.25) is 0 Å². The van der Waals surface area contributed by atoms with Gasteiger partial charge in [-0.25, -0.2) is 18.3 Å². The lowest BCUT2D eigenvalue weighted by molar-refractivity contribution is -0.687. The Balaban J connectivity index is 1.26. The second-order valence-electron chi connectivity index (χ2n) is 11.8. The summed E-state index contributed by atoms with van der Waals surface area (Å²) in [6, 6.07) is 36.3. The molecule has 1 aliphatic rings. The van der Waals surface area contributed by atoms with E-state index >= 15 is 0 Å². The normalized spacial score (nSPS) is 13.3. The quantitative estimate of drug-likeness (QED) is 0.145. The highest BCUT2D eigenvalue weighted by Crippen LogP contribution is 2.30. The van der Waals surface area contributed by atoms with E-state index in [1.807, 2.05) is 0 Å². The van der Waals surface area contributed by atoms with Crippen LogP contribution in [0.4, 0.5) is 0 Å². The predicted molar refractivity (Wildman–Crippen MR) is 169 cm³/mol. The third kappa shape index (κ3) is 3.91. The van der Waals surface area contributed by atoms with Crippen LogP contribution in [-0.2, 0) is 26.2 Å². The van der Waals surface area contributed by atoms with E-state index in [0.29, 0.717) is 0 Å². The minimum absolute atomic E-state index is 0.832. The van der Waals surface area contributed by atoms with Gasteiger partial charge in [0.15, 0.2) is 0 Å². The van der Waals surface area contributed by atoms with E-state index in [9.17, 15) is 0 Å². The second-order valence-corrected chi connectivity index (χ2v) is 11.8. The molecular weight excluding hydrogens is 512 g/mol. The van der Waals surface area contributed by atoms with E-state index < -0.39 is 0 Å². The van der Waals surface area contributed by atoms with Crippen LogP contribution in [0.2, 0.25) is 0 Å². The molecule has 0 amide bonds. The average Bonchev–Trinajstić information content (AvgIpc) is 3.64. The Bertz CT molecular complexity index is 2000. The average molecular weight is 543 g/mol. The van der Waals surface area contributed by atoms with Gasteiger partial charge in [0.1, 0.15) is 51.0 Å². The van der Waals surface area contributed by atoms with Gasteiger partial charge in [-0.1, -0.05) is 72.8 Å². The van der Waals surface area contributed by atoms with E-state index in [0.717, 1.165) is 26.2 Å². The number of rotatable bonds is 0. The minimum atomic E-state index is 0.832. The molecular formula is C38H30N4+2. The number of hydrogen-bond acceptors (Lipinski definition) is 0. The highest BCUT2D eigenvalue weighted by Gasteiger charge is 2.15. The summed E-state index contributed by atoms with van der Waals surface area (Å²) in [5.41, 5.74) is 5.35. The van der Waals surface area contributed by atoms with Crippen molar-refractivity contribution in [2.75, 3.05) is 0 Å². The Labute approximate surface area is 243 Å². The van der Waals surface area contributed by atoms with Gasteiger partial charge < -0.3 is 0 Å². The number of imidazole rings is 2. The van der Waals surface area contributed by atoms with Gasteiger partial charge in [0, 0.05) is 22.3 Å². The van der Waals surface area contributed by atoms with Gasteiger partial charge in [0.05, 0.1) is 0 Å². The zero-order valence-corrected chi connectivity index (χ0v) is 23.3. The standard InChI is InChI=1S/C38H30N4/c1-5-27-17-28-6-2-10-32-22-41-15-16-42(26-41)24-34-12-4-8-30-18-29-7-3-11-33(37(29)20-38(30)34)23-40-14-13-39(25-40)21-31(9-1)35(27)19-36(28)32/h1-20,25-26H,21-24H2/q+2. The van der Waals surface area contributed by atoms with Crippen molar-refractivity contribution in [3.8, 4) is 0 Å². The van der Waals surface area contributed by atoms with Gasteiger partial charge >= 0.3 is 0 Å². The first-order valence-corrected chi connectivity index (χ1v) is 14.7. The van der Waals surface area contributed by atoms with Gasteiger partial charge in [-0.2, -0.15) is 0 Å². The molecule has 200 valence electrons. The SMILES string of the molecule is c1cc2c3cc4c(cccc4cc3c1)Cn1cc[n+](c1)Cc1cccc3cc4cccc(c4cc13)C[n+]1ccn(c1)C2. The molecule has 0 fully saturated rings. The molecule has 6 aromatic carbocycles. The Morgan fingerprint density at radius 3 is 1.24 bits per heavy atom. The molecule has 0 saturated carbocycles. The van der Waals surface area contributed by atoms with Gasteiger partial charge in [-0.15, -0.1) is 0 Å². The fourth-order valence-corrected chi connectivity index (χ4v) is 6.95. The van der Waals surface area contributed by atoms with Crippen molar-refractivity contribution in [3.63, 3.8) is 0 Å². The van der Waals surface area contributed by atoms with Crippen molar-refractivity contribution in [1.82, 2.24) is 9.13 Å². The van der Waals surface area contributed by atoms with E-state index in [1.54, 1.807) is 0 Å². The van der Waals surface area contributed by atoms with E-state index in [4.69, 9.17) is 0 Å². The van der Waals surface area contributed by atoms with Gasteiger partial charge in [-0.05, 0) is 67.4 Å². The molecule has 1 aliphatic heterocycles. The zero-order chi connectivity index (χ0) is 27.6. The summed E-state index contributed by atoms with van der Waals surface area (Å²) in [5.74, 6) is 0. The van der Waals surface area contributed by atoms with Crippen molar-refractivity contribution < 1.29 is 9.13 Å². The van der Waals surface area contributed by atoms with Crippen LogP contribution in [0.3, 0.4) is 0 Å². The van der Waals surface area contributed by atoms with Crippen LogP contribution in [0.25, 0.3) is 43.1 Å². The Morgan fingerprint density at radius 1 is 0.429 bits per heavy atom. The number of benzene rings is 6. The summed E-state index contributed by atoms with van der Waals surface area (Å²) < 4.78 is 9.22. The first-order chi connectivity index (χ1) is 20.7. The van der Waals surface area contributed by atoms with Crippen molar-refractivity contribution in [3.05, 3.63) is 157 Å². The fraction of sp³-hybridized carbons (Fsp3) is 0.105.